The third-order valence-electron chi connectivity index (χ3n) is 6.78. The summed E-state index contributed by atoms with van der Waals surface area (Å²) in [6, 6.07) is 7.82. The number of benzene rings is 1. The minimum Gasteiger partial charge on any atom is -0.491 e. The molecule has 3 aliphatic rings. The zero-order valence-corrected chi connectivity index (χ0v) is 20.8. The van der Waals surface area contributed by atoms with Gasteiger partial charge in [-0.05, 0) is 32.5 Å². The molecule has 194 valence electrons. The summed E-state index contributed by atoms with van der Waals surface area (Å²) in [7, 11) is 1.79. The van der Waals surface area contributed by atoms with Crippen LogP contribution in [0.4, 0.5) is 16.4 Å². The molecule has 0 aliphatic carbocycles. The van der Waals surface area contributed by atoms with Crippen LogP contribution in [0.1, 0.15) is 12.0 Å². The van der Waals surface area contributed by atoms with Gasteiger partial charge in [-0.3, -0.25) is 4.90 Å². The second-order valence-corrected chi connectivity index (χ2v) is 9.47. The number of carbonyl (C=O) groups is 1. The molecule has 3 aliphatic heterocycles. The topological polar surface area (TPSA) is 121 Å². The van der Waals surface area contributed by atoms with Crippen molar-refractivity contribution in [3.63, 3.8) is 0 Å². The maximum atomic E-state index is 12.0. The zero-order chi connectivity index (χ0) is 25.1. The second-order valence-electron chi connectivity index (χ2n) is 9.47. The van der Waals surface area contributed by atoms with Gasteiger partial charge in [-0.1, -0.05) is 12.1 Å². The quantitative estimate of drug-likeness (QED) is 0.466. The summed E-state index contributed by atoms with van der Waals surface area (Å²) in [5.41, 5.74) is 1.78. The van der Waals surface area contributed by atoms with Gasteiger partial charge in [-0.15, -0.1) is 0 Å². The van der Waals surface area contributed by atoms with Crippen LogP contribution in [0.5, 0.6) is 5.75 Å². The highest BCUT2D eigenvalue weighted by Gasteiger charge is 2.38. The van der Waals surface area contributed by atoms with Crippen LogP contribution >= 0.6 is 0 Å². The van der Waals surface area contributed by atoms with Crippen LogP contribution in [0.3, 0.4) is 0 Å². The van der Waals surface area contributed by atoms with Gasteiger partial charge in [0.1, 0.15) is 36.7 Å². The van der Waals surface area contributed by atoms with Gasteiger partial charge >= 0.3 is 6.09 Å². The number of fused-ring (bicyclic) bond motifs is 1. The first-order chi connectivity index (χ1) is 17.5. The molecule has 2 aromatic rings. The fourth-order valence-corrected chi connectivity index (χ4v) is 4.82. The first-order valence-corrected chi connectivity index (χ1v) is 12.5. The highest BCUT2D eigenvalue weighted by atomic mass is 16.6. The summed E-state index contributed by atoms with van der Waals surface area (Å²) in [4.78, 5) is 25.9. The monoisotopic (exact) mass is 498 g/mol. The number of cyclic esters (lactones) is 1. The van der Waals surface area contributed by atoms with Crippen LogP contribution in [-0.2, 0) is 9.47 Å². The standard InChI is InChI=1S/C25H34N6O5/c1-16-22(27-18-6-9-34-13-18)28-23(17-4-3-5-21(10-17)35-15-20(32)11-26-2)29-24(16)30-7-8-31-19(12-30)14-36-25(31)33/h3-5,10,18-20,26,32H,6-9,11-15H2,1-2H3,(H,27,28,29). The molecule has 4 heterocycles. The largest absolute Gasteiger partial charge is 0.491 e. The summed E-state index contributed by atoms with van der Waals surface area (Å²) in [6.45, 7) is 6.37. The normalized spacial score (nSPS) is 22.4. The smallest absolute Gasteiger partial charge is 0.410 e. The lowest BCUT2D eigenvalue weighted by Gasteiger charge is -2.37. The van der Waals surface area contributed by atoms with Gasteiger partial charge < -0.3 is 34.9 Å². The van der Waals surface area contributed by atoms with Gasteiger partial charge in [0.05, 0.1) is 18.7 Å². The minimum atomic E-state index is -0.601. The Kier molecular flexibility index (Phi) is 7.40. The Morgan fingerprint density at radius 2 is 2.17 bits per heavy atom. The van der Waals surface area contributed by atoms with Gasteiger partial charge in [0, 0.05) is 43.9 Å². The zero-order valence-electron chi connectivity index (χ0n) is 20.8. The van der Waals surface area contributed by atoms with E-state index >= 15 is 0 Å². The number of aliphatic hydroxyl groups is 1. The van der Waals surface area contributed by atoms with Crippen LogP contribution in [-0.4, -0.2) is 104 Å². The lowest BCUT2D eigenvalue weighted by molar-refractivity contribution is 0.108. The number of rotatable bonds is 9. The van der Waals surface area contributed by atoms with E-state index in [4.69, 9.17) is 24.2 Å². The summed E-state index contributed by atoms with van der Waals surface area (Å²) in [6.07, 6.45) is 0.0856. The molecule has 3 N–H and O–H groups in total. The van der Waals surface area contributed by atoms with Gasteiger partial charge in [0.15, 0.2) is 5.82 Å². The van der Waals surface area contributed by atoms with E-state index in [0.717, 1.165) is 35.8 Å². The van der Waals surface area contributed by atoms with E-state index in [0.29, 0.717) is 51.0 Å². The van der Waals surface area contributed by atoms with Gasteiger partial charge in [0.25, 0.3) is 0 Å². The molecule has 36 heavy (non-hydrogen) atoms. The first kappa shape index (κ1) is 24.5. The van der Waals surface area contributed by atoms with E-state index in [2.05, 4.69) is 15.5 Å². The van der Waals surface area contributed by atoms with Gasteiger partial charge in [-0.2, -0.15) is 0 Å². The lowest BCUT2D eigenvalue weighted by atomic mass is 10.1. The summed E-state index contributed by atoms with van der Waals surface area (Å²) in [5.74, 6) is 2.85. The molecule has 3 atom stereocenters. The number of nitrogens with zero attached hydrogens (tertiary/aromatic N) is 4. The molecular weight excluding hydrogens is 464 g/mol. The fourth-order valence-electron chi connectivity index (χ4n) is 4.82. The number of ether oxygens (including phenoxy) is 3. The molecule has 0 radical (unpaired) electrons. The number of piperazine rings is 1. The molecule has 1 aromatic carbocycles. The van der Waals surface area contributed by atoms with E-state index in [1.807, 2.05) is 31.2 Å². The molecule has 11 heteroatoms. The number of hydrogen-bond acceptors (Lipinski definition) is 10. The number of hydrogen-bond donors (Lipinski definition) is 3. The second kappa shape index (κ2) is 10.9. The predicted molar refractivity (Wildman–Crippen MR) is 135 cm³/mol. The van der Waals surface area contributed by atoms with Crippen molar-refractivity contribution in [1.29, 1.82) is 0 Å². The molecule has 5 rings (SSSR count). The maximum Gasteiger partial charge on any atom is 0.410 e. The van der Waals surface area contributed by atoms with Crippen LogP contribution in [0, 0.1) is 6.92 Å². The maximum absolute atomic E-state index is 12.0. The van der Waals surface area contributed by atoms with E-state index in [1.165, 1.54) is 0 Å². The van der Waals surface area contributed by atoms with Crippen molar-refractivity contribution in [2.24, 2.45) is 0 Å². The molecule has 11 nitrogen and oxygen atoms in total. The van der Waals surface area contributed by atoms with Crippen molar-refractivity contribution in [2.75, 3.05) is 69.9 Å². The van der Waals surface area contributed by atoms with E-state index in [1.54, 1.807) is 11.9 Å². The van der Waals surface area contributed by atoms with Crippen molar-refractivity contribution < 1.29 is 24.1 Å². The van der Waals surface area contributed by atoms with Crippen molar-refractivity contribution in [1.82, 2.24) is 20.2 Å². The number of anilines is 2. The summed E-state index contributed by atoms with van der Waals surface area (Å²) >= 11 is 0. The fraction of sp³-hybridized carbons (Fsp3) is 0.560. The van der Waals surface area contributed by atoms with Crippen molar-refractivity contribution >= 4 is 17.7 Å². The Labute approximate surface area is 210 Å². The van der Waals surface area contributed by atoms with Crippen molar-refractivity contribution in [2.45, 2.75) is 31.5 Å². The van der Waals surface area contributed by atoms with E-state index in [-0.39, 0.29) is 24.8 Å². The first-order valence-electron chi connectivity index (χ1n) is 12.5. The number of nitrogens with one attached hydrogen (secondary N) is 2. The highest BCUT2D eigenvalue weighted by molar-refractivity contribution is 5.72. The molecular formula is C25H34N6O5. The summed E-state index contributed by atoms with van der Waals surface area (Å²) < 4.78 is 16.6. The van der Waals surface area contributed by atoms with Crippen LogP contribution in [0.15, 0.2) is 24.3 Å². The predicted octanol–water partition coefficient (Wildman–Crippen LogP) is 1.25. The SMILES string of the molecule is CNCC(O)COc1cccc(-c2nc(NC3CCOC3)c(C)c(N3CCN4C(=O)OCC4C3)n2)c1. The van der Waals surface area contributed by atoms with Crippen LogP contribution in [0.25, 0.3) is 11.4 Å². The third kappa shape index (κ3) is 5.32. The number of aromatic nitrogens is 2. The third-order valence-corrected chi connectivity index (χ3v) is 6.78. The van der Waals surface area contributed by atoms with Crippen LogP contribution < -0.4 is 20.3 Å². The Bertz CT molecular complexity index is 1080. The Hall–Kier alpha value is -3.15. The number of amides is 1. The average molecular weight is 499 g/mol. The Morgan fingerprint density at radius 1 is 1.28 bits per heavy atom. The molecule has 3 fully saturated rings. The number of carbonyl (C=O) groups excluding carboxylic acids is 1. The molecule has 1 aromatic heterocycles. The molecule has 0 bridgehead atoms. The number of likely N-dealkylation sites (N-methyl/N-ethyl adjacent to an activating group) is 1. The van der Waals surface area contributed by atoms with E-state index in [9.17, 15) is 9.90 Å². The van der Waals surface area contributed by atoms with Crippen molar-refractivity contribution in [3.8, 4) is 17.1 Å². The van der Waals surface area contributed by atoms with Gasteiger partial charge in [-0.25, -0.2) is 14.8 Å². The average Bonchev–Trinajstić information content (AvgIpc) is 3.54. The molecule has 0 saturated carbocycles. The highest BCUT2D eigenvalue weighted by Crippen LogP contribution is 2.32. The molecule has 3 saturated heterocycles. The van der Waals surface area contributed by atoms with Crippen molar-refractivity contribution in [3.05, 3.63) is 29.8 Å². The number of aliphatic hydroxyl groups excluding tert-OH is 1. The molecule has 1 amide bonds. The lowest BCUT2D eigenvalue weighted by Crippen LogP contribution is -2.52. The Morgan fingerprint density at radius 3 is 2.97 bits per heavy atom. The molecule has 3 unspecified atom stereocenters. The van der Waals surface area contributed by atoms with E-state index < -0.39 is 6.10 Å². The minimum absolute atomic E-state index is 0.0180. The molecule has 0 spiro atoms. The Balaban J connectivity index is 1.44. The van der Waals surface area contributed by atoms with Gasteiger partial charge in [0.2, 0.25) is 0 Å². The van der Waals surface area contributed by atoms with Crippen LogP contribution in [0.2, 0.25) is 0 Å². The summed E-state index contributed by atoms with van der Waals surface area (Å²) in [5, 5.41) is 16.5.